The van der Waals surface area contributed by atoms with Gasteiger partial charge in [0.15, 0.2) is 0 Å². The highest BCUT2D eigenvalue weighted by Gasteiger charge is 2.06. The van der Waals surface area contributed by atoms with Crippen molar-refractivity contribution in [3.05, 3.63) is 46.1 Å². The highest BCUT2D eigenvalue weighted by molar-refractivity contribution is 9.10. The maximum Gasteiger partial charge on any atom is 0.135 e. The molecular formula is C14H15BrFN3. The van der Waals surface area contributed by atoms with Crippen molar-refractivity contribution in [2.75, 3.05) is 5.32 Å². The van der Waals surface area contributed by atoms with E-state index in [1.54, 1.807) is 19.1 Å². The number of aryl methyl sites for hydroxylation is 1. The molecule has 0 aliphatic heterocycles. The summed E-state index contributed by atoms with van der Waals surface area (Å²) in [6.07, 6.45) is 1.80. The second kappa shape index (κ2) is 6.10. The van der Waals surface area contributed by atoms with E-state index < -0.39 is 0 Å². The normalized spacial score (nSPS) is 10.5. The first kappa shape index (κ1) is 13.9. The third-order valence-corrected chi connectivity index (χ3v) is 3.15. The maximum absolute atomic E-state index is 13.5. The van der Waals surface area contributed by atoms with Gasteiger partial charge in [0, 0.05) is 23.7 Å². The van der Waals surface area contributed by atoms with Crippen LogP contribution < -0.4 is 5.32 Å². The monoisotopic (exact) mass is 323 g/mol. The molecule has 0 spiro atoms. The quantitative estimate of drug-likeness (QED) is 0.848. The lowest BCUT2D eigenvalue weighted by atomic mass is 10.2. The number of anilines is 2. The van der Waals surface area contributed by atoms with Crippen molar-refractivity contribution in [1.29, 1.82) is 0 Å². The average Bonchev–Trinajstić information content (AvgIpc) is 2.35. The van der Waals surface area contributed by atoms with Crippen molar-refractivity contribution >= 4 is 27.4 Å². The highest BCUT2D eigenvalue weighted by atomic mass is 79.9. The van der Waals surface area contributed by atoms with Gasteiger partial charge in [0.05, 0.1) is 0 Å². The average molecular weight is 324 g/mol. The summed E-state index contributed by atoms with van der Waals surface area (Å²) >= 11 is 3.36. The third-order valence-electron chi connectivity index (χ3n) is 2.75. The minimum absolute atomic E-state index is 0.230. The van der Waals surface area contributed by atoms with Gasteiger partial charge in [-0.15, -0.1) is 0 Å². The first-order valence-corrected chi connectivity index (χ1v) is 6.95. The minimum Gasteiger partial charge on any atom is -0.340 e. The lowest BCUT2D eigenvalue weighted by Crippen LogP contribution is -2.02. The Kier molecular flexibility index (Phi) is 4.47. The summed E-state index contributed by atoms with van der Waals surface area (Å²) in [5.74, 6) is 1.21. The fraction of sp³-hybridized carbons (Fsp3) is 0.286. The van der Waals surface area contributed by atoms with Crippen molar-refractivity contribution in [2.24, 2.45) is 0 Å². The first-order chi connectivity index (χ1) is 9.10. The smallest absolute Gasteiger partial charge is 0.135 e. The molecule has 2 aromatic rings. The summed E-state index contributed by atoms with van der Waals surface area (Å²) in [5, 5.41) is 3.13. The molecule has 0 aliphatic rings. The number of hydrogen-bond donors (Lipinski definition) is 1. The van der Waals surface area contributed by atoms with Crippen molar-refractivity contribution in [2.45, 2.75) is 26.7 Å². The number of hydrogen-bond acceptors (Lipinski definition) is 3. The van der Waals surface area contributed by atoms with Crippen molar-refractivity contribution in [3.8, 4) is 0 Å². The predicted molar refractivity (Wildman–Crippen MR) is 78.1 cm³/mol. The molecule has 0 amide bonds. The Bertz CT molecular complexity index is 587. The van der Waals surface area contributed by atoms with Gasteiger partial charge >= 0.3 is 0 Å². The second-order valence-electron chi connectivity index (χ2n) is 4.28. The van der Waals surface area contributed by atoms with E-state index in [-0.39, 0.29) is 5.82 Å². The summed E-state index contributed by atoms with van der Waals surface area (Å²) in [6, 6.07) is 6.73. The summed E-state index contributed by atoms with van der Waals surface area (Å²) in [4.78, 5) is 8.71. The predicted octanol–water partition coefficient (Wildman–Crippen LogP) is 4.38. The lowest BCUT2D eigenvalue weighted by molar-refractivity contribution is 0.619. The van der Waals surface area contributed by atoms with E-state index in [0.29, 0.717) is 17.1 Å². The molecule has 0 bridgehead atoms. The number of rotatable bonds is 4. The van der Waals surface area contributed by atoms with Crippen LogP contribution in [0, 0.1) is 12.7 Å². The molecule has 1 aromatic heterocycles. The van der Waals surface area contributed by atoms with Crippen LogP contribution in [0.25, 0.3) is 0 Å². The van der Waals surface area contributed by atoms with Crippen LogP contribution in [0.5, 0.6) is 0 Å². The topological polar surface area (TPSA) is 37.8 Å². The summed E-state index contributed by atoms with van der Waals surface area (Å²) in [6.45, 7) is 3.81. The molecule has 0 saturated carbocycles. The molecule has 1 aromatic carbocycles. The zero-order valence-electron chi connectivity index (χ0n) is 10.9. The molecule has 1 heterocycles. The molecule has 0 unspecified atom stereocenters. The highest BCUT2D eigenvalue weighted by Crippen LogP contribution is 2.22. The third kappa shape index (κ3) is 3.50. The number of benzene rings is 1. The molecule has 0 aliphatic carbocycles. The number of aromatic nitrogens is 2. The van der Waals surface area contributed by atoms with Crippen molar-refractivity contribution in [1.82, 2.24) is 9.97 Å². The Labute approximate surface area is 120 Å². The summed E-state index contributed by atoms with van der Waals surface area (Å²) < 4.78 is 14.2. The van der Waals surface area contributed by atoms with Gasteiger partial charge < -0.3 is 5.32 Å². The van der Waals surface area contributed by atoms with Gasteiger partial charge in [-0.05, 0) is 41.4 Å². The van der Waals surface area contributed by atoms with E-state index >= 15 is 0 Å². The Morgan fingerprint density at radius 2 is 2.11 bits per heavy atom. The van der Waals surface area contributed by atoms with Crippen LogP contribution in [-0.2, 0) is 6.42 Å². The number of nitrogens with zero attached hydrogens (tertiary/aromatic N) is 2. The van der Waals surface area contributed by atoms with E-state index in [4.69, 9.17) is 0 Å². The standard InChI is InChI=1S/C14H15BrFN3/c1-3-5-13-18-12(15)8-14(19-13)17-11-7-4-6-10(16)9(11)2/h4,6-8H,3,5H2,1-2H3,(H,17,18,19). The van der Waals surface area contributed by atoms with E-state index in [1.807, 2.05) is 6.07 Å². The Morgan fingerprint density at radius 3 is 2.84 bits per heavy atom. The maximum atomic E-state index is 13.5. The van der Waals surface area contributed by atoms with Crippen LogP contribution in [-0.4, -0.2) is 9.97 Å². The molecule has 0 fully saturated rings. The van der Waals surface area contributed by atoms with Gasteiger partial charge in [0.2, 0.25) is 0 Å². The second-order valence-corrected chi connectivity index (χ2v) is 5.09. The van der Waals surface area contributed by atoms with E-state index in [1.165, 1.54) is 6.07 Å². The van der Waals surface area contributed by atoms with Gasteiger partial charge in [0.1, 0.15) is 22.1 Å². The fourth-order valence-electron chi connectivity index (χ4n) is 1.75. The summed E-state index contributed by atoms with van der Waals surface area (Å²) in [5.41, 5.74) is 1.29. The molecule has 1 N–H and O–H groups in total. The van der Waals surface area contributed by atoms with Crippen molar-refractivity contribution < 1.29 is 4.39 Å². The van der Waals surface area contributed by atoms with Gasteiger partial charge in [0.25, 0.3) is 0 Å². The molecule has 0 atom stereocenters. The van der Waals surface area contributed by atoms with Crippen LogP contribution >= 0.6 is 15.9 Å². The van der Waals surface area contributed by atoms with Crippen LogP contribution in [0.15, 0.2) is 28.9 Å². The molecule has 100 valence electrons. The Hall–Kier alpha value is -1.49. The van der Waals surface area contributed by atoms with E-state index in [2.05, 4.69) is 38.1 Å². The molecule has 3 nitrogen and oxygen atoms in total. The van der Waals surface area contributed by atoms with Crippen LogP contribution in [0.1, 0.15) is 24.7 Å². The number of nitrogens with one attached hydrogen (secondary N) is 1. The lowest BCUT2D eigenvalue weighted by Gasteiger charge is -2.10. The molecule has 0 radical (unpaired) electrons. The van der Waals surface area contributed by atoms with Gasteiger partial charge in [-0.25, -0.2) is 14.4 Å². The van der Waals surface area contributed by atoms with Crippen molar-refractivity contribution in [3.63, 3.8) is 0 Å². The molecule has 0 saturated heterocycles. The van der Waals surface area contributed by atoms with E-state index in [0.717, 1.165) is 23.3 Å². The van der Waals surface area contributed by atoms with Gasteiger partial charge in [-0.1, -0.05) is 13.0 Å². The Balaban J connectivity index is 2.30. The zero-order valence-corrected chi connectivity index (χ0v) is 12.5. The fourth-order valence-corrected chi connectivity index (χ4v) is 2.17. The molecular weight excluding hydrogens is 309 g/mol. The van der Waals surface area contributed by atoms with Gasteiger partial charge in [-0.3, -0.25) is 0 Å². The van der Waals surface area contributed by atoms with Crippen LogP contribution in [0.3, 0.4) is 0 Å². The molecule has 2 rings (SSSR count). The SMILES string of the molecule is CCCc1nc(Br)cc(Nc2cccc(F)c2C)n1. The molecule has 5 heteroatoms. The minimum atomic E-state index is -0.230. The zero-order chi connectivity index (χ0) is 13.8. The summed E-state index contributed by atoms with van der Waals surface area (Å²) in [7, 11) is 0. The first-order valence-electron chi connectivity index (χ1n) is 6.15. The van der Waals surface area contributed by atoms with Crippen LogP contribution in [0.2, 0.25) is 0 Å². The largest absolute Gasteiger partial charge is 0.340 e. The molecule has 19 heavy (non-hydrogen) atoms. The van der Waals surface area contributed by atoms with E-state index in [9.17, 15) is 4.39 Å². The van der Waals surface area contributed by atoms with Gasteiger partial charge in [-0.2, -0.15) is 0 Å². The Morgan fingerprint density at radius 1 is 1.32 bits per heavy atom. The van der Waals surface area contributed by atoms with Crippen LogP contribution in [0.4, 0.5) is 15.9 Å². The number of halogens is 2.